The number of carbonyl (C=O) groups excluding carboxylic acids is 1. The fourth-order valence-electron chi connectivity index (χ4n) is 4.75. The van der Waals surface area contributed by atoms with Crippen molar-refractivity contribution in [2.24, 2.45) is 5.92 Å². The maximum Gasteiger partial charge on any atom is 0.220 e. The third kappa shape index (κ3) is 4.48. The van der Waals surface area contributed by atoms with E-state index in [-0.39, 0.29) is 17.4 Å². The van der Waals surface area contributed by atoms with E-state index in [4.69, 9.17) is 4.74 Å². The quantitative estimate of drug-likeness (QED) is 0.782. The first-order valence-electron chi connectivity index (χ1n) is 10.8. The highest BCUT2D eigenvalue weighted by Crippen LogP contribution is 2.46. The number of carbonyl (C=O) groups is 1. The molecule has 3 heterocycles. The number of hydrogen-bond acceptors (Lipinski definition) is 5. The zero-order valence-electron chi connectivity index (χ0n) is 16.8. The normalized spacial score (nSPS) is 23.4. The summed E-state index contributed by atoms with van der Waals surface area (Å²) in [5.74, 6) is 2.13. The fraction of sp³-hybridized carbons (Fsp3) is 0.565. The number of nitrogens with zero attached hydrogens (tertiary/aromatic N) is 2. The summed E-state index contributed by atoms with van der Waals surface area (Å²) < 4.78 is 6.59. The maximum atomic E-state index is 12.6. The summed E-state index contributed by atoms with van der Waals surface area (Å²) in [6, 6.07) is 8.32. The molecule has 0 unspecified atom stereocenters. The molecule has 6 heteroatoms. The van der Waals surface area contributed by atoms with Gasteiger partial charge in [-0.25, -0.2) is 4.98 Å². The Labute approximate surface area is 176 Å². The van der Waals surface area contributed by atoms with Crippen LogP contribution < -0.4 is 10.1 Å². The van der Waals surface area contributed by atoms with Crippen LogP contribution in [0.4, 0.5) is 0 Å². The van der Waals surface area contributed by atoms with Crippen molar-refractivity contribution in [3.63, 3.8) is 0 Å². The molecule has 29 heavy (non-hydrogen) atoms. The van der Waals surface area contributed by atoms with E-state index in [1.54, 1.807) is 11.3 Å². The summed E-state index contributed by atoms with van der Waals surface area (Å²) in [7, 11) is 0. The smallest absolute Gasteiger partial charge is 0.220 e. The van der Waals surface area contributed by atoms with Crippen LogP contribution in [0.15, 0.2) is 35.8 Å². The minimum atomic E-state index is -0.144. The molecule has 2 fully saturated rings. The van der Waals surface area contributed by atoms with E-state index in [2.05, 4.69) is 33.4 Å². The monoisotopic (exact) mass is 411 g/mol. The number of thiazole rings is 1. The molecule has 1 N–H and O–H groups in total. The number of amides is 1. The third-order valence-corrected chi connectivity index (χ3v) is 7.39. The Balaban J connectivity index is 1.26. The number of benzene rings is 1. The molecule has 2 aliphatic heterocycles. The third-order valence-electron chi connectivity index (χ3n) is 6.63. The van der Waals surface area contributed by atoms with Crippen molar-refractivity contribution in [3.05, 3.63) is 46.4 Å². The molecule has 2 aromatic rings. The van der Waals surface area contributed by atoms with Crippen LogP contribution in [0.25, 0.3) is 0 Å². The van der Waals surface area contributed by atoms with Gasteiger partial charge in [-0.3, -0.25) is 9.69 Å². The van der Waals surface area contributed by atoms with Gasteiger partial charge in [0.25, 0.3) is 0 Å². The predicted molar refractivity (Wildman–Crippen MR) is 114 cm³/mol. The van der Waals surface area contributed by atoms with Crippen molar-refractivity contribution in [1.82, 2.24) is 15.2 Å². The standard InChI is InChI=1S/C23H29N3O2S/c27-21(25-15-17-5-6-17)13-18-14-23(28-20-4-2-1-3-19(18)20)7-10-26(11-8-23)16-22-24-9-12-29-22/h1-4,9,12,17-18H,5-8,10-11,13-16H2,(H,25,27)/t18-/m1/s1. The molecule has 1 spiro atoms. The summed E-state index contributed by atoms with van der Waals surface area (Å²) in [6.45, 7) is 3.81. The lowest BCUT2D eigenvalue weighted by Crippen LogP contribution is -2.50. The second-order valence-corrected chi connectivity index (χ2v) is 9.86. The van der Waals surface area contributed by atoms with Gasteiger partial charge >= 0.3 is 0 Å². The number of rotatable bonds is 6. The molecule has 1 amide bonds. The summed E-state index contributed by atoms with van der Waals surface area (Å²) in [5.41, 5.74) is 1.06. The van der Waals surface area contributed by atoms with Gasteiger partial charge < -0.3 is 10.1 Å². The van der Waals surface area contributed by atoms with Crippen LogP contribution in [0.2, 0.25) is 0 Å². The highest BCUT2D eigenvalue weighted by atomic mass is 32.1. The number of ether oxygens (including phenoxy) is 1. The lowest BCUT2D eigenvalue weighted by Gasteiger charge is -2.46. The van der Waals surface area contributed by atoms with Crippen molar-refractivity contribution in [1.29, 1.82) is 0 Å². The molecular formula is C23H29N3O2S. The van der Waals surface area contributed by atoms with E-state index >= 15 is 0 Å². The molecule has 154 valence electrons. The molecule has 3 aliphatic rings. The Morgan fingerprint density at radius 3 is 2.86 bits per heavy atom. The zero-order valence-corrected chi connectivity index (χ0v) is 17.6. The van der Waals surface area contributed by atoms with Gasteiger partial charge in [-0.15, -0.1) is 11.3 Å². The first kappa shape index (κ1) is 19.1. The van der Waals surface area contributed by atoms with Crippen LogP contribution in [0.1, 0.15) is 55.0 Å². The average molecular weight is 412 g/mol. The van der Waals surface area contributed by atoms with Gasteiger partial charge in [0.05, 0.1) is 6.54 Å². The minimum Gasteiger partial charge on any atom is -0.487 e. The molecule has 0 radical (unpaired) electrons. The number of likely N-dealkylation sites (tertiary alicyclic amines) is 1. The summed E-state index contributed by atoms with van der Waals surface area (Å²) >= 11 is 1.72. The molecule has 1 aromatic carbocycles. The lowest BCUT2D eigenvalue weighted by molar-refractivity contribution is -0.122. The number of nitrogens with one attached hydrogen (secondary N) is 1. The zero-order chi connectivity index (χ0) is 19.7. The van der Waals surface area contributed by atoms with E-state index in [9.17, 15) is 4.79 Å². The minimum absolute atomic E-state index is 0.144. The Morgan fingerprint density at radius 2 is 2.10 bits per heavy atom. The summed E-state index contributed by atoms with van der Waals surface area (Å²) in [5, 5.41) is 6.38. The molecule has 0 bridgehead atoms. The number of piperidine rings is 1. The lowest BCUT2D eigenvalue weighted by atomic mass is 9.76. The van der Waals surface area contributed by atoms with Crippen LogP contribution in [0, 0.1) is 5.92 Å². The van der Waals surface area contributed by atoms with Crippen molar-refractivity contribution in [2.75, 3.05) is 19.6 Å². The SMILES string of the molecule is O=C(C[C@@H]1CC2(CCN(Cc3nccs3)CC2)Oc2ccccc21)NCC1CC1. The second kappa shape index (κ2) is 8.07. The van der Waals surface area contributed by atoms with Gasteiger partial charge in [-0.2, -0.15) is 0 Å². The van der Waals surface area contributed by atoms with Crippen LogP contribution in [-0.2, 0) is 11.3 Å². The molecule has 1 aliphatic carbocycles. The van der Waals surface area contributed by atoms with Gasteiger partial charge in [0.2, 0.25) is 5.91 Å². The Bertz CT molecular complexity index is 842. The van der Waals surface area contributed by atoms with Crippen molar-refractivity contribution < 1.29 is 9.53 Å². The number of aromatic nitrogens is 1. The molecule has 1 aromatic heterocycles. The highest BCUT2D eigenvalue weighted by molar-refractivity contribution is 7.09. The molecular weight excluding hydrogens is 382 g/mol. The second-order valence-electron chi connectivity index (χ2n) is 8.88. The van der Waals surface area contributed by atoms with Crippen LogP contribution in [-0.4, -0.2) is 41.0 Å². The van der Waals surface area contributed by atoms with E-state index in [1.807, 2.05) is 17.6 Å². The summed E-state index contributed by atoms with van der Waals surface area (Å²) in [4.78, 5) is 19.5. The number of fused-ring (bicyclic) bond motifs is 1. The molecule has 1 saturated carbocycles. The van der Waals surface area contributed by atoms with Crippen LogP contribution in [0.5, 0.6) is 5.75 Å². The van der Waals surface area contributed by atoms with E-state index in [1.165, 1.54) is 23.4 Å². The van der Waals surface area contributed by atoms with Crippen molar-refractivity contribution in [2.45, 2.75) is 56.6 Å². The van der Waals surface area contributed by atoms with Crippen LogP contribution in [0.3, 0.4) is 0 Å². The van der Waals surface area contributed by atoms with E-state index < -0.39 is 0 Å². The topological polar surface area (TPSA) is 54.5 Å². The number of para-hydroxylation sites is 1. The first-order chi connectivity index (χ1) is 14.2. The molecule has 5 rings (SSSR count). The van der Waals surface area contributed by atoms with Gasteiger partial charge in [0, 0.05) is 43.5 Å². The predicted octanol–water partition coefficient (Wildman–Crippen LogP) is 3.96. The Hall–Kier alpha value is -1.92. The Kier molecular flexibility index (Phi) is 5.31. The van der Waals surface area contributed by atoms with E-state index in [0.717, 1.165) is 57.1 Å². The first-order valence-corrected chi connectivity index (χ1v) is 11.7. The van der Waals surface area contributed by atoms with Gasteiger partial charge in [-0.05, 0) is 49.7 Å². The molecule has 5 nitrogen and oxygen atoms in total. The highest BCUT2D eigenvalue weighted by Gasteiger charge is 2.43. The van der Waals surface area contributed by atoms with Crippen molar-refractivity contribution in [3.8, 4) is 5.75 Å². The van der Waals surface area contributed by atoms with Gasteiger partial charge in [0.15, 0.2) is 0 Å². The van der Waals surface area contributed by atoms with Gasteiger partial charge in [0.1, 0.15) is 16.4 Å². The molecule has 1 atom stereocenters. The summed E-state index contributed by atoms with van der Waals surface area (Å²) in [6.07, 6.45) is 7.93. The maximum absolute atomic E-state index is 12.6. The fourth-order valence-corrected chi connectivity index (χ4v) is 5.41. The Morgan fingerprint density at radius 1 is 1.28 bits per heavy atom. The average Bonchev–Trinajstić information content (AvgIpc) is 3.43. The largest absolute Gasteiger partial charge is 0.487 e. The number of hydrogen-bond donors (Lipinski definition) is 1. The van der Waals surface area contributed by atoms with Crippen LogP contribution >= 0.6 is 11.3 Å². The van der Waals surface area contributed by atoms with Crippen molar-refractivity contribution >= 4 is 17.2 Å². The van der Waals surface area contributed by atoms with E-state index in [0.29, 0.717) is 6.42 Å². The molecule has 1 saturated heterocycles. The van der Waals surface area contributed by atoms with Gasteiger partial charge in [-0.1, -0.05) is 18.2 Å².